The van der Waals surface area contributed by atoms with Crippen molar-refractivity contribution in [1.82, 2.24) is 10.2 Å². The van der Waals surface area contributed by atoms with E-state index in [0.717, 1.165) is 17.0 Å². The Morgan fingerprint density at radius 3 is 2.38 bits per heavy atom. The molecule has 1 heterocycles. The molecule has 3 aromatic carbocycles. The van der Waals surface area contributed by atoms with Crippen LogP contribution in [0.4, 0.5) is 10.1 Å². The molecule has 0 radical (unpaired) electrons. The van der Waals surface area contributed by atoms with Crippen molar-refractivity contribution in [2.24, 2.45) is 0 Å². The van der Waals surface area contributed by atoms with Crippen LogP contribution >= 0.6 is 0 Å². The number of hydrogen-bond acceptors (Lipinski definition) is 5. The van der Waals surface area contributed by atoms with Gasteiger partial charge in [0.05, 0.1) is 12.2 Å². The fourth-order valence-electron chi connectivity index (χ4n) is 3.01. The summed E-state index contributed by atoms with van der Waals surface area (Å²) in [7, 11) is 0. The molecule has 0 saturated heterocycles. The zero-order valence-corrected chi connectivity index (χ0v) is 15.9. The number of hydrogen-bond donors (Lipinski definition) is 1. The maximum atomic E-state index is 14.1. The van der Waals surface area contributed by atoms with Gasteiger partial charge in [0.15, 0.2) is 0 Å². The van der Waals surface area contributed by atoms with Crippen LogP contribution in [0.2, 0.25) is 0 Å². The third-order valence-electron chi connectivity index (χ3n) is 4.40. The third kappa shape index (κ3) is 4.27. The average Bonchev–Trinajstić information content (AvgIpc) is 3.24. The summed E-state index contributed by atoms with van der Waals surface area (Å²) in [5, 5.41) is 11.7. The van der Waals surface area contributed by atoms with Gasteiger partial charge < -0.3 is 14.5 Å². The smallest absolute Gasteiger partial charge is 0.250 e. The van der Waals surface area contributed by atoms with Crippen LogP contribution < -0.4 is 10.1 Å². The standard InChI is InChI=1S/C23H20FN3O2/c1-2-28-18-14-12-17(13-15-18)25-21(16-8-4-3-5-9-16)23-27-26-22(29-23)19-10-6-7-11-20(19)24/h3-15,21,25H,2H2,1H3/t21-/m1/s1. The van der Waals surface area contributed by atoms with Gasteiger partial charge >= 0.3 is 0 Å². The molecule has 0 fully saturated rings. The summed E-state index contributed by atoms with van der Waals surface area (Å²) in [5.41, 5.74) is 2.09. The van der Waals surface area contributed by atoms with E-state index in [1.807, 2.05) is 61.5 Å². The largest absolute Gasteiger partial charge is 0.494 e. The van der Waals surface area contributed by atoms with Gasteiger partial charge in [-0.25, -0.2) is 4.39 Å². The lowest BCUT2D eigenvalue weighted by Crippen LogP contribution is -2.12. The molecule has 5 nitrogen and oxygen atoms in total. The highest BCUT2D eigenvalue weighted by atomic mass is 19.1. The highest BCUT2D eigenvalue weighted by Gasteiger charge is 2.22. The highest BCUT2D eigenvalue weighted by Crippen LogP contribution is 2.29. The van der Waals surface area contributed by atoms with E-state index in [1.165, 1.54) is 6.07 Å². The van der Waals surface area contributed by atoms with E-state index in [2.05, 4.69) is 15.5 Å². The van der Waals surface area contributed by atoms with Crippen molar-refractivity contribution in [3.05, 3.63) is 96.1 Å². The van der Waals surface area contributed by atoms with Crippen molar-refractivity contribution < 1.29 is 13.5 Å². The molecule has 146 valence electrons. The molecular formula is C23H20FN3O2. The first-order chi connectivity index (χ1) is 14.2. The highest BCUT2D eigenvalue weighted by molar-refractivity contribution is 5.54. The molecule has 4 aromatic rings. The molecule has 0 saturated carbocycles. The van der Waals surface area contributed by atoms with Crippen molar-refractivity contribution in [3.8, 4) is 17.2 Å². The molecule has 1 atom stereocenters. The Bertz CT molecular complexity index is 1060. The van der Waals surface area contributed by atoms with Crippen LogP contribution in [-0.4, -0.2) is 16.8 Å². The van der Waals surface area contributed by atoms with Gasteiger partial charge in [-0.1, -0.05) is 42.5 Å². The Morgan fingerprint density at radius 1 is 0.931 bits per heavy atom. The van der Waals surface area contributed by atoms with Gasteiger partial charge in [0, 0.05) is 5.69 Å². The third-order valence-corrected chi connectivity index (χ3v) is 4.40. The molecule has 1 N–H and O–H groups in total. The molecule has 0 aliphatic carbocycles. The number of rotatable bonds is 7. The Labute approximate surface area is 168 Å². The predicted molar refractivity (Wildman–Crippen MR) is 109 cm³/mol. The summed E-state index contributed by atoms with van der Waals surface area (Å²) in [6.07, 6.45) is 0. The van der Waals surface area contributed by atoms with Gasteiger partial charge in [0.1, 0.15) is 17.6 Å². The summed E-state index contributed by atoms with van der Waals surface area (Å²) in [6.45, 7) is 2.56. The van der Waals surface area contributed by atoms with Crippen molar-refractivity contribution in [3.63, 3.8) is 0 Å². The fraction of sp³-hybridized carbons (Fsp3) is 0.130. The number of nitrogens with one attached hydrogen (secondary N) is 1. The van der Waals surface area contributed by atoms with Gasteiger partial charge in [-0.05, 0) is 48.9 Å². The van der Waals surface area contributed by atoms with E-state index in [-0.39, 0.29) is 17.5 Å². The monoisotopic (exact) mass is 389 g/mol. The van der Waals surface area contributed by atoms with Gasteiger partial charge in [-0.15, -0.1) is 10.2 Å². The summed E-state index contributed by atoms with van der Waals surface area (Å²) < 4.78 is 25.4. The first-order valence-electron chi connectivity index (χ1n) is 9.37. The van der Waals surface area contributed by atoms with E-state index >= 15 is 0 Å². The molecule has 0 spiro atoms. The normalized spacial score (nSPS) is 11.8. The minimum atomic E-state index is -0.404. The molecule has 0 aliphatic rings. The Balaban J connectivity index is 1.66. The van der Waals surface area contributed by atoms with Crippen molar-refractivity contribution >= 4 is 5.69 Å². The summed E-state index contributed by atoms with van der Waals surface area (Å²) in [4.78, 5) is 0. The van der Waals surface area contributed by atoms with Gasteiger partial charge in [-0.3, -0.25) is 0 Å². The molecule has 0 unspecified atom stereocenters. The molecular weight excluding hydrogens is 369 g/mol. The van der Waals surface area contributed by atoms with Crippen molar-refractivity contribution in [2.45, 2.75) is 13.0 Å². The number of ether oxygens (including phenoxy) is 1. The minimum absolute atomic E-state index is 0.146. The van der Waals surface area contributed by atoms with E-state index in [9.17, 15) is 4.39 Å². The second kappa shape index (κ2) is 8.56. The van der Waals surface area contributed by atoms with E-state index in [0.29, 0.717) is 12.5 Å². The summed E-state index contributed by atoms with van der Waals surface area (Å²) >= 11 is 0. The van der Waals surface area contributed by atoms with Gasteiger partial charge in [-0.2, -0.15) is 0 Å². The van der Waals surface area contributed by atoms with Crippen LogP contribution in [0.25, 0.3) is 11.5 Å². The first-order valence-corrected chi connectivity index (χ1v) is 9.37. The zero-order chi connectivity index (χ0) is 20.1. The van der Waals surface area contributed by atoms with Gasteiger partial charge in [0.25, 0.3) is 5.89 Å². The molecule has 1 aromatic heterocycles. The lowest BCUT2D eigenvalue weighted by molar-refractivity contribution is 0.340. The number of halogens is 1. The van der Waals surface area contributed by atoms with Crippen LogP contribution in [0.15, 0.2) is 83.3 Å². The number of aromatic nitrogens is 2. The fourth-order valence-corrected chi connectivity index (χ4v) is 3.01. The van der Waals surface area contributed by atoms with Crippen LogP contribution in [0.1, 0.15) is 24.4 Å². The maximum absolute atomic E-state index is 14.1. The van der Waals surface area contributed by atoms with Crippen LogP contribution in [0.3, 0.4) is 0 Å². The molecule has 0 aliphatic heterocycles. The topological polar surface area (TPSA) is 60.2 Å². The number of benzene rings is 3. The first kappa shape index (κ1) is 18.7. The lowest BCUT2D eigenvalue weighted by Gasteiger charge is -2.17. The van der Waals surface area contributed by atoms with Gasteiger partial charge in [0.2, 0.25) is 5.89 Å². The quantitative estimate of drug-likeness (QED) is 0.454. The number of anilines is 1. The Morgan fingerprint density at radius 2 is 1.66 bits per heavy atom. The second-order valence-corrected chi connectivity index (χ2v) is 6.37. The van der Waals surface area contributed by atoms with Crippen LogP contribution in [-0.2, 0) is 0 Å². The summed E-state index contributed by atoms with van der Waals surface area (Å²) in [6, 6.07) is 23.4. The average molecular weight is 389 g/mol. The molecule has 29 heavy (non-hydrogen) atoms. The molecule has 0 amide bonds. The second-order valence-electron chi connectivity index (χ2n) is 6.37. The summed E-state index contributed by atoms with van der Waals surface area (Å²) in [5.74, 6) is 0.892. The van der Waals surface area contributed by atoms with E-state index in [4.69, 9.17) is 9.15 Å². The molecule has 0 bridgehead atoms. The Kier molecular flexibility index (Phi) is 5.52. The van der Waals surface area contributed by atoms with Crippen molar-refractivity contribution in [2.75, 3.05) is 11.9 Å². The minimum Gasteiger partial charge on any atom is -0.494 e. The van der Waals surface area contributed by atoms with E-state index in [1.54, 1.807) is 18.2 Å². The van der Waals surface area contributed by atoms with Crippen LogP contribution in [0, 0.1) is 5.82 Å². The predicted octanol–water partition coefficient (Wildman–Crippen LogP) is 5.48. The number of nitrogens with zero attached hydrogens (tertiary/aromatic N) is 2. The molecule has 6 heteroatoms. The SMILES string of the molecule is CCOc1ccc(N[C@H](c2ccccc2)c2nnc(-c3ccccc3F)o2)cc1. The zero-order valence-electron chi connectivity index (χ0n) is 15.9. The van der Waals surface area contributed by atoms with Crippen LogP contribution in [0.5, 0.6) is 5.75 Å². The Hall–Kier alpha value is -3.67. The lowest BCUT2D eigenvalue weighted by atomic mass is 10.1. The molecule has 4 rings (SSSR count). The maximum Gasteiger partial charge on any atom is 0.250 e. The van der Waals surface area contributed by atoms with E-state index < -0.39 is 5.82 Å². The van der Waals surface area contributed by atoms with Crippen molar-refractivity contribution in [1.29, 1.82) is 0 Å².